The first-order valence-corrected chi connectivity index (χ1v) is 6.83. The number of benzene rings is 2. The second-order valence-electron chi connectivity index (χ2n) is 4.98. The Hall–Kier alpha value is -2.49. The van der Waals surface area contributed by atoms with Gasteiger partial charge in [0.1, 0.15) is 0 Å². The predicted molar refractivity (Wildman–Crippen MR) is 84.5 cm³/mol. The zero-order valence-electron chi connectivity index (χ0n) is 12.5. The summed E-state index contributed by atoms with van der Waals surface area (Å²) < 4.78 is 5.22. The SMILES string of the molecule is COc1c(N)cccc1C(=O)NC(C)c1ccccc1C. The summed E-state index contributed by atoms with van der Waals surface area (Å²) in [6.45, 7) is 3.98. The maximum atomic E-state index is 12.4. The first kappa shape index (κ1) is 14.9. The number of nitrogens with one attached hydrogen (secondary N) is 1. The van der Waals surface area contributed by atoms with Gasteiger partial charge in [-0.25, -0.2) is 0 Å². The summed E-state index contributed by atoms with van der Waals surface area (Å²) in [5.74, 6) is 0.210. The van der Waals surface area contributed by atoms with Crippen molar-refractivity contribution in [3.05, 3.63) is 59.2 Å². The molecule has 110 valence electrons. The number of methoxy groups -OCH3 is 1. The summed E-state index contributed by atoms with van der Waals surface area (Å²) in [4.78, 5) is 12.4. The second-order valence-corrected chi connectivity index (χ2v) is 4.98. The molecule has 2 aromatic rings. The minimum atomic E-state index is -0.199. The lowest BCUT2D eigenvalue weighted by Crippen LogP contribution is -2.27. The van der Waals surface area contributed by atoms with Gasteiger partial charge in [0.05, 0.1) is 24.4 Å². The standard InChI is InChI=1S/C17H20N2O2/c1-11-7-4-5-8-13(11)12(2)19-17(20)14-9-6-10-15(18)16(14)21-3/h4-10,12H,18H2,1-3H3,(H,19,20). The lowest BCUT2D eigenvalue weighted by atomic mass is 10.0. The van der Waals surface area contributed by atoms with Crippen LogP contribution in [0.25, 0.3) is 0 Å². The fourth-order valence-corrected chi connectivity index (χ4v) is 2.39. The van der Waals surface area contributed by atoms with E-state index in [-0.39, 0.29) is 11.9 Å². The molecule has 0 bridgehead atoms. The monoisotopic (exact) mass is 284 g/mol. The van der Waals surface area contributed by atoms with Crippen LogP contribution in [0, 0.1) is 6.92 Å². The van der Waals surface area contributed by atoms with E-state index in [9.17, 15) is 4.79 Å². The molecule has 0 radical (unpaired) electrons. The molecule has 1 amide bonds. The number of hydrogen-bond acceptors (Lipinski definition) is 3. The Morgan fingerprint density at radius 1 is 1.19 bits per heavy atom. The summed E-state index contributed by atoms with van der Waals surface area (Å²) >= 11 is 0. The van der Waals surface area contributed by atoms with E-state index in [0.29, 0.717) is 17.0 Å². The van der Waals surface area contributed by atoms with E-state index >= 15 is 0 Å². The lowest BCUT2D eigenvalue weighted by Gasteiger charge is -2.18. The highest BCUT2D eigenvalue weighted by molar-refractivity contribution is 5.98. The third-order valence-corrected chi connectivity index (χ3v) is 3.50. The first-order chi connectivity index (χ1) is 10.0. The van der Waals surface area contributed by atoms with Crippen LogP contribution in [0.5, 0.6) is 5.75 Å². The molecule has 0 aliphatic carbocycles. The number of amides is 1. The Morgan fingerprint density at radius 3 is 2.57 bits per heavy atom. The topological polar surface area (TPSA) is 64.3 Å². The highest BCUT2D eigenvalue weighted by Gasteiger charge is 2.17. The number of nitrogens with two attached hydrogens (primary N) is 1. The van der Waals surface area contributed by atoms with Gasteiger partial charge in [0, 0.05) is 0 Å². The molecule has 21 heavy (non-hydrogen) atoms. The van der Waals surface area contributed by atoms with Gasteiger partial charge in [-0.3, -0.25) is 4.79 Å². The number of para-hydroxylation sites is 1. The molecule has 0 aliphatic heterocycles. The fourth-order valence-electron chi connectivity index (χ4n) is 2.39. The number of carbonyl (C=O) groups is 1. The van der Waals surface area contributed by atoms with Crippen LogP contribution in [0.3, 0.4) is 0 Å². The van der Waals surface area contributed by atoms with Crippen LogP contribution >= 0.6 is 0 Å². The van der Waals surface area contributed by atoms with E-state index in [1.807, 2.05) is 38.1 Å². The fraction of sp³-hybridized carbons (Fsp3) is 0.235. The van der Waals surface area contributed by atoms with Crippen LogP contribution in [-0.2, 0) is 0 Å². The van der Waals surface area contributed by atoms with Crippen molar-refractivity contribution in [2.45, 2.75) is 19.9 Å². The molecule has 0 aromatic heterocycles. The van der Waals surface area contributed by atoms with Gasteiger partial charge in [0.2, 0.25) is 0 Å². The smallest absolute Gasteiger partial charge is 0.255 e. The van der Waals surface area contributed by atoms with Crippen molar-refractivity contribution >= 4 is 11.6 Å². The Labute approximate surface area is 124 Å². The van der Waals surface area contributed by atoms with Gasteiger partial charge in [-0.05, 0) is 37.1 Å². The molecule has 0 fully saturated rings. The van der Waals surface area contributed by atoms with Crippen LogP contribution in [0.15, 0.2) is 42.5 Å². The van der Waals surface area contributed by atoms with E-state index in [0.717, 1.165) is 11.1 Å². The number of carbonyl (C=O) groups excluding carboxylic acids is 1. The van der Waals surface area contributed by atoms with Crippen LogP contribution in [-0.4, -0.2) is 13.0 Å². The Kier molecular flexibility index (Phi) is 4.48. The van der Waals surface area contributed by atoms with E-state index in [4.69, 9.17) is 10.5 Å². The van der Waals surface area contributed by atoms with E-state index in [1.165, 1.54) is 7.11 Å². The van der Waals surface area contributed by atoms with Gasteiger partial charge < -0.3 is 15.8 Å². The Balaban J connectivity index is 2.23. The number of rotatable bonds is 4. The zero-order valence-corrected chi connectivity index (χ0v) is 12.5. The van der Waals surface area contributed by atoms with Crippen LogP contribution in [0.2, 0.25) is 0 Å². The van der Waals surface area contributed by atoms with Crippen molar-refractivity contribution in [2.24, 2.45) is 0 Å². The van der Waals surface area contributed by atoms with E-state index in [1.54, 1.807) is 18.2 Å². The van der Waals surface area contributed by atoms with Gasteiger partial charge in [-0.1, -0.05) is 30.3 Å². The number of aryl methyl sites for hydroxylation is 1. The molecule has 0 saturated heterocycles. The zero-order chi connectivity index (χ0) is 15.4. The molecule has 2 rings (SSSR count). The summed E-state index contributed by atoms with van der Waals surface area (Å²) in [5, 5.41) is 2.98. The average Bonchev–Trinajstić information content (AvgIpc) is 2.47. The van der Waals surface area contributed by atoms with E-state index in [2.05, 4.69) is 5.32 Å². The van der Waals surface area contributed by atoms with Crippen molar-refractivity contribution in [2.75, 3.05) is 12.8 Å². The van der Waals surface area contributed by atoms with Crippen molar-refractivity contribution < 1.29 is 9.53 Å². The van der Waals surface area contributed by atoms with Crippen molar-refractivity contribution in [3.8, 4) is 5.75 Å². The maximum absolute atomic E-state index is 12.4. The van der Waals surface area contributed by atoms with Gasteiger partial charge in [-0.15, -0.1) is 0 Å². The van der Waals surface area contributed by atoms with Crippen LogP contribution < -0.4 is 15.8 Å². The van der Waals surface area contributed by atoms with Crippen LogP contribution in [0.4, 0.5) is 5.69 Å². The first-order valence-electron chi connectivity index (χ1n) is 6.83. The molecular weight excluding hydrogens is 264 g/mol. The number of ether oxygens (including phenoxy) is 1. The summed E-state index contributed by atoms with van der Waals surface area (Å²) in [6, 6.07) is 13.0. The molecular formula is C17H20N2O2. The largest absolute Gasteiger partial charge is 0.494 e. The highest BCUT2D eigenvalue weighted by Crippen LogP contribution is 2.26. The molecule has 1 unspecified atom stereocenters. The number of hydrogen-bond donors (Lipinski definition) is 2. The summed E-state index contributed by atoms with van der Waals surface area (Å²) in [5.41, 5.74) is 8.96. The van der Waals surface area contributed by atoms with Gasteiger partial charge in [-0.2, -0.15) is 0 Å². The lowest BCUT2D eigenvalue weighted by molar-refractivity contribution is 0.0937. The number of anilines is 1. The summed E-state index contributed by atoms with van der Waals surface area (Å²) in [6.07, 6.45) is 0. The summed E-state index contributed by atoms with van der Waals surface area (Å²) in [7, 11) is 1.51. The van der Waals surface area contributed by atoms with Gasteiger partial charge >= 0.3 is 0 Å². The molecule has 1 atom stereocenters. The second kappa shape index (κ2) is 6.31. The van der Waals surface area contributed by atoms with Crippen molar-refractivity contribution in [1.82, 2.24) is 5.32 Å². The minimum absolute atomic E-state index is 0.0927. The van der Waals surface area contributed by atoms with Crippen molar-refractivity contribution in [3.63, 3.8) is 0 Å². The predicted octanol–water partition coefficient (Wildman–Crippen LogP) is 3.08. The third kappa shape index (κ3) is 3.16. The highest BCUT2D eigenvalue weighted by atomic mass is 16.5. The molecule has 0 spiro atoms. The molecule has 0 aliphatic rings. The van der Waals surface area contributed by atoms with Crippen LogP contribution in [0.1, 0.15) is 34.5 Å². The average molecular weight is 284 g/mol. The normalized spacial score (nSPS) is 11.8. The minimum Gasteiger partial charge on any atom is -0.494 e. The molecule has 0 saturated carbocycles. The molecule has 0 heterocycles. The Morgan fingerprint density at radius 2 is 1.90 bits per heavy atom. The molecule has 2 aromatic carbocycles. The number of nitrogen functional groups attached to an aromatic ring is 1. The molecule has 3 N–H and O–H groups in total. The quantitative estimate of drug-likeness (QED) is 0.848. The van der Waals surface area contributed by atoms with E-state index < -0.39 is 0 Å². The van der Waals surface area contributed by atoms with Gasteiger partial charge in [0.25, 0.3) is 5.91 Å². The maximum Gasteiger partial charge on any atom is 0.255 e. The third-order valence-electron chi connectivity index (χ3n) is 3.50. The Bertz CT molecular complexity index is 653. The van der Waals surface area contributed by atoms with Crippen molar-refractivity contribution in [1.29, 1.82) is 0 Å². The molecule has 4 nitrogen and oxygen atoms in total. The van der Waals surface area contributed by atoms with Gasteiger partial charge in [0.15, 0.2) is 5.75 Å². The molecule has 4 heteroatoms.